The Balaban J connectivity index is 2.20. The predicted octanol–water partition coefficient (Wildman–Crippen LogP) is 3.28. The second kappa shape index (κ2) is 5.64. The minimum Gasteiger partial charge on any atom is -0.460 e. The summed E-state index contributed by atoms with van der Waals surface area (Å²) in [5.41, 5.74) is 14.0. The minimum absolute atomic E-state index is 0.228. The lowest BCUT2D eigenvalue weighted by Crippen LogP contribution is -2.24. The van der Waals surface area contributed by atoms with Crippen molar-refractivity contribution in [3.63, 3.8) is 0 Å². The zero-order chi connectivity index (χ0) is 15.6. The summed E-state index contributed by atoms with van der Waals surface area (Å²) in [5, 5.41) is 1.87. The largest absolute Gasteiger partial charge is 0.460 e. The molecule has 0 spiro atoms. The van der Waals surface area contributed by atoms with E-state index in [2.05, 4.69) is 0 Å². The molecule has 0 fully saturated rings. The lowest BCUT2D eigenvalue weighted by molar-refractivity contribution is -0.154. The van der Waals surface area contributed by atoms with E-state index in [-0.39, 0.29) is 5.97 Å². The highest BCUT2D eigenvalue weighted by Gasteiger charge is 2.17. The van der Waals surface area contributed by atoms with E-state index in [0.29, 0.717) is 24.2 Å². The maximum absolute atomic E-state index is 11.8. The van der Waals surface area contributed by atoms with Crippen molar-refractivity contribution >= 4 is 28.1 Å². The normalized spacial score (nSPS) is 11.6. The first kappa shape index (κ1) is 15.2. The van der Waals surface area contributed by atoms with Crippen LogP contribution in [0.5, 0.6) is 0 Å². The molecular formula is C17H22N2O2. The maximum Gasteiger partial charge on any atom is 0.306 e. The Hall–Kier alpha value is -2.23. The SMILES string of the molecule is CC(C)(C)OC(=O)CCc1cc(N)c2ccccc2c1N. The number of nitrogens with two attached hydrogens (primary N) is 2. The Bertz CT molecular complexity index is 672. The average molecular weight is 286 g/mol. The molecule has 0 heterocycles. The fourth-order valence-corrected chi connectivity index (χ4v) is 2.32. The highest BCUT2D eigenvalue weighted by atomic mass is 16.6. The van der Waals surface area contributed by atoms with E-state index in [1.165, 1.54) is 0 Å². The molecule has 2 aromatic carbocycles. The summed E-state index contributed by atoms with van der Waals surface area (Å²) in [6.07, 6.45) is 0.815. The molecule has 0 aliphatic carbocycles. The highest BCUT2D eigenvalue weighted by Crippen LogP contribution is 2.30. The summed E-state index contributed by atoms with van der Waals surface area (Å²) in [6.45, 7) is 5.56. The van der Waals surface area contributed by atoms with Gasteiger partial charge in [0.05, 0.1) is 0 Å². The fraction of sp³-hybridized carbons (Fsp3) is 0.353. The monoisotopic (exact) mass is 286 g/mol. The number of anilines is 2. The lowest BCUT2D eigenvalue weighted by Gasteiger charge is -2.19. The van der Waals surface area contributed by atoms with Gasteiger partial charge in [-0.15, -0.1) is 0 Å². The molecule has 0 bridgehead atoms. The van der Waals surface area contributed by atoms with E-state index < -0.39 is 5.60 Å². The van der Waals surface area contributed by atoms with Crippen molar-refractivity contribution in [2.24, 2.45) is 0 Å². The van der Waals surface area contributed by atoms with Crippen LogP contribution in [0.25, 0.3) is 10.8 Å². The van der Waals surface area contributed by atoms with Gasteiger partial charge in [-0.2, -0.15) is 0 Å². The van der Waals surface area contributed by atoms with Crippen LogP contribution in [-0.2, 0) is 16.0 Å². The number of carbonyl (C=O) groups excluding carboxylic acids is 1. The number of nitrogen functional groups attached to an aromatic ring is 2. The Morgan fingerprint density at radius 3 is 2.38 bits per heavy atom. The van der Waals surface area contributed by atoms with E-state index in [4.69, 9.17) is 16.2 Å². The summed E-state index contributed by atoms with van der Waals surface area (Å²) in [4.78, 5) is 11.8. The maximum atomic E-state index is 11.8. The first-order valence-corrected chi connectivity index (χ1v) is 7.05. The van der Waals surface area contributed by atoms with Gasteiger partial charge in [0.25, 0.3) is 0 Å². The van der Waals surface area contributed by atoms with Crippen molar-refractivity contribution < 1.29 is 9.53 Å². The smallest absolute Gasteiger partial charge is 0.306 e. The van der Waals surface area contributed by atoms with Gasteiger partial charge in [-0.05, 0) is 38.8 Å². The molecule has 0 saturated heterocycles. The van der Waals surface area contributed by atoms with Gasteiger partial charge >= 0.3 is 5.97 Å². The molecule has 4 heteroatoms. The zero-order valence-electron chi connectivity index (χ0n) is 12.8. The molecule has 0 saturated carbocycles. The van der Waals surface area contributed by atoms with Crippen LogP contribution in [0.2, 0.25) is 0 Å². The Kier molecular flexibility index (Phi) is 4.07. The van der Waals surface area contributed by atoms with Gasteiger partial charge in [0, 0.05) is 28.6 Å². The van der Waals surface area contributed by atoms with Gasteiger partial charge in [0.15, 0.2) is 0 Å². The van der Waals surface area contributed by atoms with Crippen molar-refractivity contribution in [1.82, 2.24) is 0 Å². The van der Waals surface area contributed by atoms with E-state index in [1.807, 2.05) is 51.1 Å². The van der Waals surface area contributed by atoms with Crippen LogP contribution < -0.4 is 11.5 Å². The molecule has 4 nitrogen and oxygen atoms in total. The van der Waals surface area contributed by atoms with Crippen LogP contribution >= 0.6 is 0 Å². The molecule has 0 unspecified atom stereocenters. The van der Waals surface area contributed by atoms with Crippen molar-refractivity contribution in [3.05, 3.63) is 35.9 Å². The molecule has 112 valence electrons. The lowest BCUT2D eigenvalue weighted by atomic mass is 9.99. The van der Waals surface area contributed by atoms with Gasteiger partial charge in [0.2, 0.25) is 0 Å². The standard InChI is InChI=1S/C17H22N2O2/c1-17(2,3)21-15(20)9-8-11-10-14(18)12-6-4-5-7-13(12)16(11)19/h4-7,10H,8-9,18-19H2,1-3H3. The quantitative estimate of drug-likeness (QED) is 0.670. The van der Waals surface area contributed by atoms with Gasteiger partial charge in [-0.3, -0.25) is 4.79 Å². The van der Waals surface area contributed by atoms with Gasteiger partial charge < -0.3 is 16.2 Å². The number of rotatable bonds is 3. The topological polar surface area (TPSA) is 78.3 Å². The first-order valence-electron chi connectivity index (χ1n) is 7.05. The van der Waals surface area contributed by atoms with E-state index in [1.54, 1.807) is 0 Å². The van der Waals surface area contributed by atoms with E-state index >= 15 is 0 Å². The third-order valence-corrected chi connectivity index (χ3v) is 3.22. The predicted molar refractivity (Wildman–Crippen MR) is 86.9 cm³/mol. The molecule has 2 rings (SSSR count). The third kappa shape index (κ3) is 3.66. The molecule has 0 aliphatic rings. The van der Waals surface area contributed by atoms with E-state index in [9.17, 15) is 4.79 Å². The number of aryl methyl sites for hydroxylation is 1. The average Bonchev–Trinajstić information content (AvgIpc) is 2.39. The van der Waals surface area contributed by atoms with Gasteiger partial charge in [-0.25, -0.2) is 0 Å². The first-order chi connectivity index (χ1) is 9.78. The second-order valence-electron chi connectivity index (χ2n) is 6.17. The van der Waals surface area contributed by atoms with Crippen LogP contribution in [-0.4, -0.2) is 11.6 Å². The summed E-state index contributed by atoms with van der Waals surface area (Å²) < 4.78 is 5.31. The second-order valence-corrected chi connectivity index (χ2v) is 6.17. The van der Waals surface area contributed by atoms with Crippen molar-refractivity contribution in [1.29, 1.82) is 0 Å². The van der Waals surface area contributed by atoms with Crippen LogP contribution in [0.3, 0.4) is 0 Å². The molecular weight excluding hydrogens is 264 g/mol. The number of esters is 1. The van der Waals surface area contributed by atoms with Crippen molar-refractivity contribution in [2.75, 3.05) is 11.5 Å². The summed E-state index contributed by atoms with van der Waals surface area (Å²) in [5.74, 6) is -0.228. The van der Waals surface area contributed by atoms with Crippen LogP contribution in [0.15, 0.2) is 30.3 Å². The molecule has 2 aromatic rings. The Labute approximate surface area is 125 Å². The van der Waals surface area contributed by atoms with Crippen LogP contribution in [0, 0.1) is 0 Å². The summed E-state index contributed by atoms with van der Waals surface area (Å²) in [6, 6.07) is 9.59. The zero-order valence-corrected chi connectivity index (χ0v) is 12.8. The fourth-order valence-electron chi connectivity index (χ4n) is 2.32. The van der Waals surface area contributed by atoms with Crippen LogP contribution in [0.4, 0.5) is 11.4 Å². The molecule has 0 atom stereocenters. The number of fused-ring (bicyclic) bond motifs is 1. The molecule has 4 N–H and O–H groups in total. The van der Waals surface area contributed by atoms with Crippen molar-refractivity contribution in [2.45, 2.75) is 39.2 Å². The Morgan fingerprint density at radius 1 is 1.14 bits per heavy atom. The molecule has 0 aromatic heterocycles. The van der Waals surface area contributed by atoms with Gasteiger partial charge in [0.1, 0.15) is 5.60 Å². The molecule has 0 aliphatic heterocycles. The highest BCUT2D eigenvalue weighted by molar-refractivity contribution is 6.01. The minimum atomic E-state index is -0.467. The summed E-state index contributed by atoms with van der Waals surface area (Å²) in [7, 11) is 0. The number of benzene rings is 2. The number of hydrogen-bond donors (Lipinski definition) is 2. The third-order valence-electron chi connectivity index (χ3n) is 3.22. The van der Waals surface area contributed by atoms with Crippen LogP contribution in [0.1, 0.15) is 32.8 Å². The number of carbonyl (C=O) groups is 1. The Morgan fingerprint density at radius 2 is 1.76 bits per heavy atom. The van der Waals surface area contributed by atoms with E-state index in [0.717, 1.165) is 16.3 Å². The van der Waals surface area contributed by atoms with Crippen molar-refractivity contribution in [3.8, 4) is 0 Å². The molecule has 0 amide bonds. The molecule has 0 radical (unpaired) electrons. The number of ether oxygens (including phenoxy) is 1. The molecule has 21 heavy (non-hydrogen) atoms. The number of hydrogen-bond acceptors (Lipinski definition) is 4. The summed E-state index contributed by atoms with van der Waals surface area (Å²) >= 11 is 0. The van der Waals surface area contributed by atoms with Gasteiger partial charge in [-0.1, -0.05) is 24.3 Å².